The zero-order valence-electron chi connectivity index (χ0n) is 11.4. The monoisotopic (exact) mass is 275 g/mol. The minimum Gasteiger partial charge on any atom is -0.444 e. The van der Waals surface area contributed by atoms with Gasteiger partial charge in [-0.15, -0.1) is 0 Å². The first-order valence-corrected chi connectivity index (χ1v) is 6.21. The number of nitrogens with zero attached hydrogens (tertiary/aromatic N) is 1. The summed E-state index contributed by atoms with van der Waals surface area (Å²) < 4.78 is 10.3. The van der Waals surface area contributed by atoms with Crippen molar-refractivity contribution in [1.82, 2.24) is 10.3 Å². The zero-order chi connectivity index (χ0) is 14.5. The lowest BCUT2D eigenvalue weighted by Crippen LogP contribution is -2.35. The molecule has 1 aromatic carbocycles. The lowest BCUT2D eigenvalue weighted by atomic mass is 10.2. The Morgan fingerprint density at radius 1 is 1.45 bits per heavy atom. The number of hydrogen-bond donors (Lipinski definition) is 2. The summed E-state index contributed by atoms with van der Waals surface area (Å²) in [4.78, 5) is 16.1. The molecule has 20 heavy (non-hydrogen) atoms. The van der Waals surface area contributed by atoms with Crippen LogP contribution in [-0.4, -0.2) is 30.6 Å². The van der Waals surface area contributed by atoms with Gasteiger partial charge in [-0.3, -0.25) is 4.79 Å². The number of ether oxygens (including phenoxy) is 1. The SMILES string of the molecule is COCC(C)NC(=O)c1coc(-c2ccc(N)cc2)n1. The molecule has 2 aromatic rings. The lowest BCUT2D eigenvalue weighted by molar-refractivity contribution is 0.0900. The molecule has 6 heteroatoms. The molecule has 0 aliphatic heterocycles. The summed E-state index contributed by atoms with van der Waals surface area (Å²) in [7, 11) is 1.58. The maximum Gasteiger partial charge on any atom is 0.273 e. The predicted octanol–water partition coefficient (Wildman–Crippen LogP) is 1.69. The standard InChI is InChI=1S/C14H17N3O3/c1-9(7-19-2)16-13(18)12-8-20-14(17-12)10-3-5-11(15)6-4-10/h3-6,8-9H,7,15H2,1-2H3,(H,16,18). The molecule has 0 aliphatic carbocycles. The van der Waals surface area contributed by atoms with E-state index in [1.165, 1.54) is 6.26 Å². The average Bonchev–Trinajstić information content (AvgIpc) is 2.89. The van der Waals surface area contributed by atoms with Gasteiger partial charge in [-0.05, 0) is 31.2 Å². The first kappa shape index (κ1) is 14.1. The van der Waals surface area contributed by atoms with Crippen LogP contribution in [0.4, 0.5) is 5.69 Å². The molecular weight excluding hydrogens is 258 g/mol. The second-order valence-electron chi connectivity index (χ2n) is 4.49. The molecule has 6 nitrogen and oxygen atoms in total. The van der Waals surface area contributed by atoms with Gasteiger partial charge in [0.05, 0.1) is 6.61 Å². The number of rotatable bonds is 5. The van der Waals surface area contributed by atoms with Gasteiger partial charge in [0.2, 0.25) is 5.89 Å². The number of anilines is 1. The predicted molar refractivity (Wildman–Crippen MR) is 75.2 cm³/mol. The van der Waals surface area contributed by atoms with Gasteiger partial charge in [0, 0.05) is 24.4 Å². The molecule has 0 saturated heterocycles. The van der Waals surface area contributed by atoms with E-state index in [-0.39, 0.29) is 17.6 Å². The Balaban J connectivity index is 2.08. The second kappa shape index (κ2) is 6.21. The Hall–Kier alpha value is -2.34. The number of hydrogen-bond acceptors (Lipinski definition) is 5. The van der Waals surface area contributed by atoms with Crippen molar-refractivity contribution < 1.29 is 13.9 Å². The van der Waals surface area contributed by atoms with Gasteiger partial charge in [0.25, 0.3) is 5.91 Å². The molecule has 0 saturated carbocycles. The Morgan fingerprint density at radius 3 is 2.80 bits per heavy atom. The molecule has 1 aromatic heterocycles. The maximum atomic E-state index is 11.9. The van der Waals surface area contributed by atoms with E-state index in [2.05, 4.69) is 10.3 Å². The van der Waals surface area contributed by atoms with Crippen LogP contribution in [0, 0.1) is 0 Å². The molecule has 0 bridgehead atoms. The van der Waals surface area contributed by atoms with E-state index in [1.54, 1.807) is 31.4 Å². The first-order valence-electron chi connectivity index (χ1n) is 6.21. The zero-order valence-corrected chi connectivity index (χ0v) is 11.4. The largest absolute Gasteiger partial charge is 0.444 e. The van der Waals surface area contributed by atoms with Gasteiger partial charge < -0.3 is 20.2 Å². The van der Waals surface area contributed by atoms with Crippen LogP contribution < -0.4 is 11.1 Å². The number of nitrogens with one attached hydrogen (secondary N) is 1. The summed E-state index contributed by atoms with van der Waals surface area (Å²) in [6, 6.07) is 6.98. The summed E-state index contributed by atoms with van der Waals surface area (Å²) in [6.45, 7) is 2.29. The summed E-state index contributed by atoms with van der Waals surface area (Å²) >= 11 is 0. The second-order valence-corrected chi connectivity index (χ2v) is 4.49. The van der Waals surface area contributed by atoms with Crippen LogP contribution in [0.1, 0.15) is 17.4 Å². The van der Waals surface area contributed by atoms with Crippen LogP contribution in [0.2, 0.25) is 0 Å². The third-order valence-corrected chi connectivity index (χ3v) is 2.69. The van der Waals surface area contributed by atoms with E-state index in [9.17, 15) is 4.79 Å². The van der Waals surface area contributed by atoms with E-state index in [1.807, 2.05) is 6.92 Å². The smallest absolute Gasteiger partial charge is 0.273 e. The molecule has 2 rings (SSSR count). The molecule has 0 radical (unpaired) electrons. The lowest BCUT2D eigenvalue weighted by Gasteiger charge is -2.10. The van der Waals surface area contributed by atoms with Crippen LogP contribution in [0.3, 0.4) is 0 Å². The van der Waals surface area contributed by atoms with Crippen molar-refractivity contribution in [2.45, 2.75) is 13.0 Å². The number of oxazole rings is 1. The maximum absolute atomic E-state index is 11.9. The Bertz CT molecular complexity index is 578. The minimum atomic E-state index is -0.292. The molecule has 1 amide bonds. The molecule has 3 N–H and O–H groups in total. The molecular formula is C14H17N3O3. The van der Waals surface area contributed by atoms with Gasteiger partial charge in [0.1, 0.15) is 6.26 Å². The van der Waals surface area contributed by atoms with Crippen LogP contribution in [-0.2, 0) is 4.74 Å². The molecule has 0 spiro atoms. The third-order valence-electron chi connectivity index (χ3n) is 2.69. The summed E-state index contributed by atoms with van der Waals surface area (Å²) in [6.07, 6.45) is 1.33. The van der Waals surface area contributed by atoms with Gasteiger partial charge in [-0.2, -0.15) is 0 Å². The highest BCUT2D eigenvalue weighted by Crippen LogP contribution is 2.19. The van der Waals surface area contributed by atoms with Crippen molar-refractivity contribution >= 4 is 11.6 Å². The van der Waals surface area contributed by atoms with Crippen molar-refractivity contribution in [2.24, 2.45) is 0 Å². The molecule has 1 heterocycles. The van der Waals surface area contributed by atoms with E-state index >= 15 is 0 Å². The Morgan fingerprint density at radius 2 is 2.15 bits per heavy atom. The summed E-state index contributed by atoms with van der Waals surface area (Å²) in [5.74, 6) is 0.0922. The molecule has 0 fully saturated rings. The molecule has 106 valence electrons. The van der Waals surface area contributed by atoms with E-state index in [4.69, 9.17) is 14.9 Å². The fourth-order valence-corrected chi connectivity index (χ4v) is 1.73. The van der Waals surface area contributed by atoms with Crippen LogP contribution in [0.5, 0.6) is 0 Å². The number of nitrogens with two attached hydrogens (primary N) is 1. The van der Waals surface area contributed by atoms with Gasteiger partial charge in [0.15, 0.2) is 5.69 Å². The Labute approximate surface area is 116 Å². The van der Waals surface area contributed by atoms with Crippen LogP contribution >= 0.6 is 0 Å². The highest BCUT2D eigenvalue weighted by molar-refractivity contribution is 5.92. The van der Waals surface area contributed by atoms with Crippen LogP contribution in [0.15, 0.2) is 34.9 Å². The fourth-order valence-electron chi connectivity index (χ4n) is 1.73. The number of aromatic nitrogens is 1. The van der Waals surface area contributed by atoms with E-state index < -0.39 is 0 Å². The van der Waals surface area contributed by atoms with Gasteiger partial charge >= 0.3 is 0 Å². The van der Waals surface area contributed by atoms with E-state index in [0.29, 0.717) is 18.2 Å². The van der Waals surface area contributed by atoms with Crippen molar-refractivity contribution in [3.8, 4) is 11.5 Å². The van der Waals surface area contributed by atoms with Crippen molar-refractivity contribution in [2.75, 3.05) is 19.5 Å². The third kappa shape index (κ3) is 3.36. The average molecular weight is 275 g/mol. The topological polar surface area (TPSA) is 90.4 Å². The molecule has 0 aliphatic rings. The van der Waals surface area contributed by atoms with Gasteiger partial charge in [-0.1, -0.05) is 0 Å². The summed E-state index contributed by atoms with van der Waals surface area (Å²) in [5, 5.41) is 2.76. The summed E-state index contributed by atoms with van der Waals surface area (Å²) in [5.41, 5.74) is 7.28. The number of carbonyl (C=O) groups is 1. The van der Waals surface area contributed by atoms with Crippen molar-refractivity contribution in [1.29, 1.82) is 0 Å². The number of benzene rings is 1. The van der Waals surface area contributed by atoms with Crippen LogP contribution in [0.25, 0.3) is 11.5 Å². The highest BCUT2D eigenvalue weighted by Gasteiger charge is 2.15. The molecule has 1 unspecified atom stereocenters. The number of methoxy groups -OCH3 is 1. The highest BCUT2D eigenvalue weighted by atomic mass is 16.5. The van der Waals surface area contributed by atoms with Crippen molar-refractivity contribution in [3.63, 3.8) is 0 Å². The van der Waals surface area contributed by atoms with Gasteiger partial charge in [-0.25, -0.2) is 4.98 Å². The minimum absolute atomic E-state index is 0.0934. The van der Waals surface area contributed by atoms with Crippen molar-refractivity contribution in [3.05, 3.63) is 36.2 Å². The molecule has 1 atom stereocenters. The van der Waals surface area contributed by atoms with E-state index in [0.717, 1.165) is 5.56 Å². The first-order chi connectivity index (χ1) is 9.60. The fraction of sp³-hybridized carbons (Fsp3) is 0.286. The number of nitrogen functional groups attached to an aromatic ring is 1. The Kier molecular flexibility index (Phi) is 4.37. The quantitative estimate of drug-likeness (QED) is 0.810. The normalized spacial score (nSPS) is 12.1. The number of carbonyl (C=O) groups excluding carboxylic acids is 1. The number of amides is 1.